The molecule has 7 nitrogen and oxygen atoms in total. The average molecular weight is 344 g/mol. The van der Waals surface area contributed by atoms with Crippen LogP contribution in [0.2, 0.25) is 0 Å². The largest absolute Gasteiger partial charge is 0.476 e. The molecule has 24 heavy (non-hydrogen) atoms. The molecule has 2 heterocycles. The Morgan fingerprint density at radius 1 is 1.04 bits per heavy atom. The number of anilines is 1. The molecular formula is C16H16N4O3S. The number of nitrogen functional groups attached to an aromatic ring is 1. The maximum absolute atomic E-state index is 11.5. The van der Waals surface area contributed by atoms with E-state index in [1.54, 1.807) is 36.4 Å². The predicted molar refractivity (Wildman–Crippen MR) is 91.5 cm³/mol. The smallest absolute Gasteiger partial charge is 0.245 e. The molecule has 0 fully saturated rings. The van der Waals surface area contributed by atoms with Gasteiger partial charge in [-0.05, 0) is 31.2 Å². The van der Waals surface area contributed by atoms with Gasteiger partial charge in [-0.1, -0.05) is 12.1 Å². The van der Waals surface area contributed by atoms with Crippen LogP contribution >= 0.6 is 0 Å². The van der Waals surface area contributed by atoms with Crippen molar-refractivity contribution in [1.29, 1.82) is 0 Å². The minimum atomic E-state index is -3.23. The Kier molecular flexibility index (Phi) is 4.06. The number of rotatable bonds is 4. The summed E-state index contributed by atoms with van der Waals surface area (Å²) in [5, 5.41) is 0. The van der Waals surface area contributed by atoms with Gasteiger partial charge in [0.05, 0.1) is 22.7 Å². The first-order chi connectivity index (χ1) is 11.4. The first-order valence-electron chi connectivity index (χ1n) is 7.26. The van der Waals surface area contributed by atoms with E-state index in [0.29, 0.717) is 29.2 Å². The van der Waals surface area contributed by atoms with Crippen LogP contribution in [-0.2, 0) is 9.84 Å². The van der Waals surface area contributed by atoms with Gasteiger partial charge in [0.15, 0.2) is 15.4 Å². The van der Waals surface area contributed by atoms with Crippen LogP contribution in [0.4, 0.5) is 5.95 Å². The second-order valence-electron chi connectivity index (χ2n) is 5.18. The summed E-state index contributed by atoms with van der Waals surface area (Å²) in [5.74, 6) is 0.451. The molecular weight excluding hydrogens is 328 g/mol. The fourth-order valence-electron chi connectivity index (χ4n) is 2.28. The third kappa shape index (κ3) is 3.13. The van der Waals surface area contributed by atoms with Crippen LogP contribution in [0.3, 0.4) is 0 Å². The average Bonchev–Trinajstić information content (AvgIpc) is 2.54. The molecule has 0 bridgehead atoms. The number of pyridine rings is 1. The summed E-state index contributed by atoms with van der Waals surface area (Å²) < 4.78 is 28.6. The summed E-state index contributed by atoms with van der Waals surface area (Å²) >= 11 is 0. The fraction of sp³-hybridized carbons (Fsp3) is 0.188. The standard InChI is InChI=1S/C16H16N4O3S/c1-3-23-15-14-13(19-16(17)20-15)9-8-12(18-14)10-4-6-11(7-5-10)24(2,21)22/h4-9H,3H2,1-2H3,(H2,17,19,20). The fourth-order valence-corrected chi connectivity index (χ4v) is 2.91. The molecule has 0 atom stereocenters. The monoisotopic (exact) mass is 344 g/mol. The van der Waals surface area contributed by atoms with E-state index in [1.807, 2.05) is 6.92 Å². The molecule has 2 aromatic heterocycles. The third-order valence-electron chi connectivity index (χ3n) is 3.39. The van der Waals surface area contributed by atoms with E-state index in [4.69, 9.17) is 10.5 Å². The second-order valence-corrected chi connectivity index (χ2v) is 7.20. The Labute approximate surface area is 139 Å². The number of fused-ring (bicyclic) bond motifs is 1. The van der Waals surface area contributed by atoms with Crippen LogP contribution in [0.5, 0.6) is 5.88 Å². The van der Waals surface area contributed by atoms with Crippen molar-refractivity contribution in [1.82, 2.24) is 15.0 Å². The van der Waals surface area contributed by atoms with Crippen molar-refractivity contribution >= 4 is 26.8 Å². The summed E-state index contributed by atoms with van der Waals surface area (Å²) in [6.07, 6.45) is 1.17. The quantitative estimate of drug-likeness (QED) is 0.772. The molecule has 3 rings (SSSR count). The Bertz CT molecular complexity index is 1000. The van der Waals surface area contributed by atoms with Crippen molar-refractivity contribution in [3.8, 4) is 17.1 Å². The van der Waals surface area contributed by atoms with Crippen LogP contribution < -0.4 is 10.5 Å². The molecule has 0 radical (unpaired) electrons. The number of hydrogen-bond acceptors (Lipinski definition) is 7. The minimum absolute atomic E-state index is 0.123. The molecule has 0 saturated heterocycles. The Morgan fingerprint density at radius 3 is 2.38 bits per heavy atom. The highest BCUT2D eigenvalue weighted by atomic mass is 32.2. The lowest BCUT2D eigenvalue weighted by Crippen LogP contribution is -2.03. The van der Waals surface area contributed by atoms with Gasteiger partial charge in [0.25, 0.3) is 0 Å². The summed E-state index contributed by atoms with van der Waals surface area (Å²) in [6, 6.07) is 10.1. The van der Waals surface area contributed by atoms with Crippen molar-refractivity contribution < 1.29 is 13.2 Å². The van der Waals surface area contributed by atoms with E-state index in [9.17, 15) is 8.42 Å². The van der Waals surface area contributed by atoms with Crippen LogP contribution in [0.1, 0.15) is 6.92 Å². The summed E-state index contributed by atoms with van der Waals surface area (Å²) in [7, 11) is -3.23. The van der Waals surface area contributed by atoms with Gasteiger partial charge in [0, 0.05) is 11.8 Å². The van der Waals surface area contributed by atoms with E-state index in [1.165, 1.54) is 6.26 Å². The summed E-state index contributed by atoms with van der Waals surface area (Å²) in [4.78, 5) is 13.0. The maximum Gasteiger partial charge on any atom is 0.245 e. The van der Waals surface area contributed by atoms with Crippen molar-refractivity contribution in [2.75, 3.05) is 18.6 Å². The Balaban J connectivity index is 2.10. The number of nitrogens with zero attached hydrogens (tertiary/aromatic N) is 3. The highest BCUT2D eigenvalue weighted by Gasteiger charge is 2.12. The molecule has 0 aliphatic rings. The molecule has 2 N–H and O–H groups in total. The van der Waals surface area contributed by atoms with E-state index < -0.39 is 9.84 Å². The van der Waals surface area contributed by atoms with Crippen molar-refractivity contribution in [3.05, 3.63) is 36.4 Å². The van der Waals surface area contributed by atoms with Crippen LogP contribution in [-0.4, -0.2) is 36.2 Å². The molecule has 124 valence electrons. The van der Waals surface area contributed by atoms with Crippen LogP contribution in [0.25, 0.3) is 22.3 Å². The number of ether oxygens (including phenoxy) is 1. The highest BCUT2D eigenvalue weighted by molar-refractivity contribution is 7.90. The number of benzene rings is 1. The zero-order valence-corrected chi connectivity index (χ0v) is 14.0. The molecule has 3 aromatic rings. The van der Waals surface area contributed by atoms with Crippen molar-refractivity contribution in [3.63, 3.8) is 0 Å². The predicted octanol–water partition coefficient (Wildman–Crippen LogP) is 2.08. The lowest BCUT2D eigenvalue weighted by atomic mass is 10.1. The van der Waals surface area contributed by atoms with Crippen LogP contribution in [0, 0.1) is 0 Å². The number of hydrogen-bond donors (Lipinski definition) is 1. The van der Waals surface area contributed by atoms with Crippen LogP contribution in [0.15, 0.2) is 41.3 Å². The van der Waals surface area contributed by atoms with Gasteiger partial charge in [-0.25, -0.2) is 18.4 Å². The zero-order chi connectivity index (χ0) is 17.3. The number of nitrogens with two attached hydrogens (primary N) is 1. The Morgan fingerprint density at radius 2 is 1.75 bits per heavy atom. The summed E-state index contributed by atoms with van der Waals surface area (Å²) in [6.45, 7) is 2.28. The lowest BCUT2D eigenvalue weighted by molar-refractivity contribution is 0.330. The summed E-state index contributed by atoms with van der Waals surface area (Å²) in [5.41, 5.74) is 8.22. The second kappa shape index (κ2) is 6.04. The molecule has 1 aromatic carbocycles. The Hall–Kier alpha value is -2.74. The number of sulfone groups is 1. The SMILES string of the molecule is CCOc1nc(N)nc2ccc(-c3ccc(S(C)(=O)=O)cc3)nc12. The minimum Gasteiger partial charge on any atom is -0.476 e. The lowest BCUT2D eigenvalue weighted by Gasteiger charge is -2.08. The molecule has 0 amide bonds. The molecule has 0 unspecified atom stereocenters. The van der Waals surface area contributed by atoms with E-state index in [0.717, 1.165) is 5.56 Å². The van der Waals surface area contributed by atoms with Crippen molar-refractivity contribution in [2.45, 2.75) is 11.8 Å². The first-order valence-corrected chi connectivity index (χ1v) is 9.15. The molecule has 8 heteroatoms. The van der Waals surface area contributed by atoms with Gasteiger partial charge >= 0.3 is 0 Å². The van der Waals surface area contributed by atoms with Gasteiger partial charge in [-0.2, -0.15) is 4.98 Å². The van der Waals surface area contributed by atoms with Gasteiger partial charge in [-0.3, -0.25) is 0 Å². The highest BCUT2D eigenvalue weighted by Crippen LogP contribution is 2.26. The number of aromatic nitrogens is 3. The molecule has 0 aliphatic heterocycles. The van der Waals surface area contributed by atoms with Gasteiger partial charge in [0.2, 0.25) is 11.8 Å². The zero-order valence-electron chi connectivity index (χ0n) is 13.2. The van der Waals surface area contributed by atoms with E-state index in [-0.39, 0.29) is 10.8 Å². The van der Waals surface area contributed by atoms with Gasteiger partial charge in [-0.15, -0.1) is 0 Å². The first kappa shape index (κ1) is 16.1. The van der Waals surface area contributed by atoms with E-state index in [2.05, 4.69) is 15.0 Å². The topological polar surface area (TPSA) is 108 Å². The maximum atomic E-state index is 11.5. The third-order valence-corrected chi connectivity index (χ3v) is 4.52. The molecule has 0 aliphatic carbocycles. The van der Waals surface area contributed by atoms with Gasteiger partial charge in [0.1, 0.15) is 0 Å². The van der Waals surface area contributed by atoms with Gasteiger partial charge < -0.3 is 10.5 Å². The molecule has 0 saturated carbocycles. The van der Waals surface area contributed by atoms with E-state index >= 15 is 0 Å². The van der Waals surface area contributed by atoms with Crippen molar-refractivity contribution in [2.24, 2.45) is 0 Å². The normalized spacial score (nSPS) is 11.6. The molecule has 0 spiro atoms.